The second-order valence-electron chi connectivity index (χ2n) is 2.31. The Morgan fingerprint density at radius 3 is 3.27 bits per heavy atom. The molecular weight excluding hydrogens is 144 g/mol. The number of aliphatic carboxylic acids is 1. The molecule has 3 heteroatoms. The van der Waals surface area contributed by atoms with Crippen LogP contribution >= 0.6 is 0 Å². The highest BCUT2D eigenvalue weighted by molar-refractivity contribution is 5.70. The third-order valence-electron chi connectivity index (χ3n) is 1.38. The minimum Gasteiger partial charge on any atom is -0.501 e. The fourth-order valence-corrected chi connectivity index (χ4v) is 0.890. The van der Waals surface area contributed by atoms with Crippen molar-refractivity contribution in [3.8, 4) is 0 Å². The highest BCUT2D eigenvalue weighted by atomic mass is 16.5. The van der Waals surface area contributed by atoms with Gasteiger partial charge in [0.25, 0.3) is 0 Å². The summed E-state index contributed by atoms with van der Waals surface area (Å²) in [6.07, 6.45) is 6.00. The molecule has 3 nitrogen and oxygen atoms in total. The van der Waals surface area contributed by atoms with Crippen molar-refractivity contribution >= 4 is 5.97 Å². The van der Waals surface area contributed by atoms with E-state index < -0.39 is 5.97 Å². The minimum absolute atomic E-state index is 0.0832. The second kappa shape index (κ2) is 3.81. The molecule has 11 heavy (non-hydrogen) atoms. The van der Waals surface area contributed by atoms with Gasteiger partial charge < -0.3 is 9.84 Å². The maximum Gasteiger partial charge on any atom is 0.307 e. The normalized spacial score (nSPS) is 16.5. The van der Waals surface area contributed by atoms with Crippen LogP contribution in [0.2, 0.25) is 0 Å². The van der Waals surface area contributed by atoms with Gasteiger partial charge in [-0.3, -0.25) is 4.79 Å². The zero-order chi connectivity index (χ0) is 8.10. The predicted molar refractivity (Wildman–Crippen MR) is 40.0 cm³/mol. The zero-order valence-electron chi connectivity index (χ0n) is 6.12. The lowest BCUT2D eigenvalue weighted by molar-refractivity contribution is -0.136. The maximum atomic E-state index is 10.3. The summed E-state index contributed by atoms with van der Waals surface area (Å²) in [5.41, 5.74) is 0.815. The Hall–Kier alpha value is -1.25. The third-order valence-corrected chi connectivity index (χ3v) is 1.38. The summed E-state index contributed by atoms with van der Waals surface area (Å²) >= 11 is 0. The van der Waals surface area contributed by atoms with Crippen LogP contribution in [0.25, 0.3) is 0 Å². The number of ether oxygens (including phenoxy) is 1. The zero-order valence-corrected chi connectivity index (χ0v) is 6.12. The Kier molecular flexibility index (Phi) is 2.72. The van der Waals surface area contributed by atoms with Gasteiger partial charge >= 0.3 is 5.97 Å². The first-order chi connectivity index (χ1) is 5.29. The van der Waals surface area contributed by atoms with E-state index in [9.17, 15) is 4.79 Å². The molecular formula is C8H10O3. The smallest absolute Gasteiger partial charge is 0.307 e. The van der Waals surface area contributed by atoms with E-state index >= 15 is 0 Å². The van der Waals surface area contributed by atoms with E-state index in [0.717, 1.165) is 12.0 Å². The predicted octanol–water partition coefficient (Wildman–Crippen LogP) is 1.32. The highest BCUT2D eigenvalue weighted by Crippen LogP contribution is 2.08. The molecule has 0 amide bonds. The molecule has 0 aromatic rings. The van der Waals surface area contributed by atoms with Gasteiger partial charge in [-0.15, -0.1) is 0 Å². The molecule has 1 N–H and O–H groups in total. The molecule has 0 saturated heterocycles. The Labute approximate surface area is 65.0 Å². The van der Waals surface area contributed by atoms with E-state index in [2.05, 4.69) is 0 Å². The maximum absolute atomic E-state index is 10.3. The summed E-state index contributed by atoms with van der Waals surface area (Å²) in [6, 6.07) is 0. The monoisotopic (exact) mass is 154 g/mol. The molecule has 0 saturated carbocycles. The molecule has 1 aliphatic heterocycles. The van der Waals surface area contributed by atoms with Gasteiger partial charge in [0.1, 0.15) is 0 Å². The fraction of sp³-hybridized carbons (Fsp3) is 0.375. The molecule has 1 heterocycles. The van der Waals surface area contributed by atoms with Crippen LogP contribution in [0.3, 0.4) is 0 Å². The van der Waals surface area contributed by atoms with Crippen LogP contribution in [0, 0.1) is 0 Å². The average molecular weight is 154 g/mol. The summed E-state index contributed by atoms with van der Waals surface area (Å²) in [4.78, 5) is 10.3. The Morgan fingerprint density at radius 2 is 2.55 bits per heavy atom. The van der Waals surface area contributed by atoms with Gasteiger partial charge in [-0.05, 0) is 18.1 Å². The number of carbonyl (C=O) groups is 1. The number of hydrogen-bond donors (Lipinski definition) is 1. The molecule has 0 spiro atoms. The molecule has 0 unspecified atom stereocenters. The Balaban J connectivity index is 2.53. The summed E-state index contributed by atoms with van der Waals surface area (Å²) < 4.78 is 4.98. The van der Waals surface area contributed by atoms with Crippen LogP contribution in [0.15, 0.2) is 24.0 Å². The summed E-state index contributed by atoms with van der Waals surface area (Å²) in [5.74, 6) is -0.803. The van der Waals surface area contributed by atoms with Crippen LogP contribution in [0.5, 0.6) is 0 Å². The summed E-state index contributed by atoms with van der Waals surface area (Å²) in [5, 5.41) is 8.44. The van der Waals surface area contributed by atoms with Crippen molar-refractivity contribution in [1.29, 1.82) is 0 Å². The largest absolute Gasteiger partial charge is 0.501 e. The van der Waals surface area contributed by atoms with Crippen LogP contribution < -0.4 is 0 Å². The molecule has 0 fully saturated rings. The minimum atomic E-state index is -0.803. The van der Waals surface area contributed by atoms with Crippen molar-refractivity contribution in [2.24, 2.45) is 0 Å². The number of rotatable bonds is 2. The van der Waals surface area contributed by atoms with E-state index in [-0.39, 0.29) is 6.42 Å². The molecule has 0 radical (unpaired) electrons. The van der Waals surface area contributed by atoms with Crippen LogP contribution in [0.4, 0.5) is 0 Å². The van der Waals surface area contributed by atoms with Crippen molar-refractivity contribution < 1.29 is 14.6 Å². The first-order valence-corrected chi connectivity index (χ1v) is 3.48. The van der Waals surface area contributed by atoms with Crippen molar-refractivity contribution in [2.75, 3.05) is 6.61 Å². The van der Waals surface area contributed by atoms with Crippen LogP contribution in [0.1, 0.15) is 12.8 Å². The van der Waals surface area contributed by atoms with E-state index in [1.165, 1.54) is 0 Å². The Bertz CT molecular complexity index is 203. The number of carboxylic acid groups (broad SMARTS) is 1. The van der Waals surface area contributed by atoms with E-state index in [1.807, 2.05) is 6.08 Å². The second-order valence-corrected chi connectivity index (χ2v) is 2.31. The molecule has 0 bridgehead atoms. The number of allylic oxidation sites excluding steroid dienone is 1. The average Bonchev–Trinajstić information content (AvgIpc) is 2.14. The molecule has 0 aliphatic carbocycles. The van der Waals surface area contributed by atoms with Crippen LogP contribution in [-0.2, 0) is 9.53 Å². The SMILES string of the molecule is O=C(O)CC1=CCCOC=C1. The van der Waals surface area contributed by atoms with Gasteiger partial charge in [-0.25, -0.2) is 0 Å². The van der Waals surface area contributed by atoms with Crippen molar-refractivity contribution in [1.82, 2.24) is 0 Å². The molecule has 1 aliphatic rings. The lowest BCUT2D eigenvalue weighted by Crippen LogP contribution is -1.95. The van der Waals surface area contributed by atoms with Gasteiger partial charge in [0, 0.05) is 0 Å². The van der Waals surface area contributed by atoms with E-state index in [1.54, 1.807) is 12.3 Å². The first-order valence-electron chi connectivity index (χ1n) is 3.48. The summed E-state index contributed by atoms with van der Waals surface area (Å²) in [7, 11) is 0. The standard InChI is InChI=1S/C8H10O3/c9-8(10)6-7-2-1-4-11-5-3-7/h2-3,5H,1,4,6H2,(H,9,10). The van der Waals surface area contributed by atoms with E-state index in [0.29, 0.717) is 6.61 Å². The number of carboxylic acids is 1. The Morgan fingerprint density at radius 1 is 1.73 bits per heavy atom. The lowest BCUT2D eigenvalue weighted by atomic mass is 10.1. The van der Waals surface area contributed by atoms with Gasteiger partial charge in [-0.2, -0.15) is 0 Å². The first kappa shape index (κ1) is 7.85. The molecule has 0 aromatic heterocycles. The lowest BCUT2D eigenvalue weighted by Gasteiger charge is -1.92. The molecule has 0 atom stereocenters. The quantitative estimate of drug-likeness (QED) is 0.652. The molecule has 0 aromatic carbocycles. The third kappa shape index (κ3) is 2.89. The molecule has 1 rings (SSSR count). The number of hydrogen-bond acceptors (Lipinski definition) is 2. The van der Waals surface area contributed by atoms with Crippen LogP contribution in [-0.4, -0.2) is 17.7 Å². The van der Waals surface area contributed by atoms with Gasteiger partial charge in [0.15, 0.2) is 0 Å². The van der Waals surface area contributed by atoms with Crippen molar-refractivity contribution in [2.45, 2.75) is 12.8 Å². The van der Waals surface area contributed by atoms with Gasteiger partial charge in [0.2, 0.25) is 0 Å². The topological polar surface area (TPSA) is 46.5 Å². The summed E-state index contributed by atoms with van der Waals surface area (Å²) in [6.45, 7) is 0.639. The van der Waals surface area contributed by atoms with Crippen molar-refractivity contribution in [3.63, 3.8) is 0 Å². The molecule has 60 valence electrons. The fourth-order valence-electron chi connectivity index (χ4n) is 0.890. The highest BCUT2D eigenvalue weighted by Gasteiger charge is 2.01. The van der Waals surface area contributed by atoms with E-state index in [4.69, 9.17) is 9.84 Å². The van der Waals surface area contributed by atoms with Gasteiger partial charge in [0.05, 0.1) is 19.3 Å². The van der Waals surface area contributed by atoms with Crippen molar-refractivity contribution in [3.05, 3.63) is 24.0 Å². The van der Waals surface area contributed by atoms with Gasteiger partial charge in [-0.1, -0.05) is 6.08 Å².